The molecule has 1 saturated carbocycles. The minimum Gasteiger partial charge on any atom is -0.462 e. The van der Waals surface area contributed by atoms with Gasteiger partial charge in [0.2, 0.25) is 5.91 Å². The van der Waals surface area contributed by atoms with Crippen molar-refractivity contribution in [2.24, 2.45) is 0 Å². The largest absolute Gasteiger partial charge is 0.462 e. The van der Waals surface area contributed by atoms with Crippen molar-refractivity contribution in [3.63, 3.8) is 0 Å². The summed E-state index contributed by atoms with van der Waals surface area (Å²) in [5, 5.41) is 2.86. The highest BCUT2D eigenvalue weighted by atomic mass is 16.6. The molecule has 0 saturated heterocycles. The van der Waals surface area contributed by atoms with Crippen molar-refractivity contribution >= 4 is 23.9 Å². The molecule has 0 heterocycles. The average Bonchev–Trinajstić information content (AvgIpc) is 2.59. The number of carbonyl (C=O) groups is 4. The molecule has 9 nitrogen and oxygen atoms in total. The van der Waals surface area contributed by atoms with Crippen LogP contribution in [0.1, 0.15) is 86.5 Å². The van der Waals surface area contributed by atoms with Crippen LogP contribution in [-0.2, 0) is 28.6 Å². The van der Waals surface area contributed by atoms with Crippen LogP contribution in [-0.4, -0.2) is 65.8 Å². The number of carbonyl (C=O) groups excluding carboxylic acids is 4. The Morgan fingerprint density at radius 3 is 1.94 bits per heavy atom. The molecule has 9 heteroatoms. The van der Waals surface area contributed by atoms with Gasteiger partial charge in [0.1, 0.15) is 23.9 Å². The molecule has 1 rings (SSSR count). The molecule has 184 valence electrons. The maximum Gasteiger partial charge on any atom is 0.407 e. The van der Waals surface area contributed by atoms with Crippen LogP contribution in [0.2, 0.25) is 0 Å². The van der Waals surface area contributed by atoms with E-state index in [0.717, 1.165) is 0 Å². The molecule has 0 bridgehead atoms. The zero-order valence-electron chi connectivity index (χ0n) is 20.6. The van der Waals surface area contributed by atoms with Gasteiger partial charge in [-0.3, -0.25) is 14.4 Å². The van der Waals surface area contributed by atoms with Gasteiger partial charge >= 0.3 is 18.0 Å². The Morgan fingerprint density at radius 2 is 1.41 bits per heavy atom. The van der Waals surface area contributed by atoms with Gasteiger partial charge in [-0.05, 0) is 73.6 Å². The number of esters is 2. The second-order valence-corrected chi connectivity index (χ2v) is 10.3. The van der Waals surface area contributed by atoms with Gasteiger partial charge in [0.15, 0.2) is 0 Å². The first-order valence-electron chi connectivity index (χ1n) is 11.3. The van der Waals surface area contributed by atoms with Gasteiger partial charge < -0.3 is 24.4 Å². The minimum atomic E-state index is -0.602. The normalized spacial score (nSPS) is 19.0. The Morgan fingerprint density at radius 1 is 0.844 bits per heavy atom. The van der Waals surface area contributed by atoms with Gasteiger partial charge in [0, 0.05) is 25.9 Å². The smallest absolute Gasteiger partial charge is 0.407 e. The number of amides is 2. The van der Waals surface area contributed by atoms with Crippen molar-refractivity contribution in [1.82, 2.24) is 10.2 Å². The van der Waals surface area contributed by atoms with Crippen LogP contribution in [0.3, 0.4) is 0 Å². The number of nitrogens with zero attached hydrogens (tertiary/aromatic N) is 1. The summed E-state index contributed by atoms with van der Waals surface area (Å²) < 4.78 is 16.0. The van der Waals surface area contributed by atoms with Gasteiger partial charge in [0.25, 0.3) is 0 Å². The third-order valence-corrected chi connectivity index (χ3v) is 4.68. The summed E-state index contributed by atoms with van der Waals surface area (Å²) in [6, 6.07) is 0.0120. The molecular formula is C23H40N2O7. The number of hydrogen-bond donors (Lipinski definition) is 1. The Bertz CT molecular complexity index is 656. The highest BCUT2D eigenvalue weighted by Crippen LogP contribution is 2.22. The predicted molar refractivity (Wildman–Crippen MR) is 119 cm³/mol. The molecule has 2 amide bonds. The molecule has 1 fully saturated rings. The van der Waals surface area contributed by atoms with Gasteiger partial charge in [-0.15, -0.1) is 0 Å². The summed E-state index contributed by atoms with van der Waals surface area (Å²) in [6.45, 7) is 10.6. The number of ether oxygens (including phenoxy) is 3. The fraction of sp³-hybridized carbons (Fsp3) is 0.826. The lowest BCUT2D eigenvalue weighted by Crippen LogP contribution is -2.42. The van der Waals surface area contributed by atoms with E-state index in [1.165, 1.54) is 11.9 Å². The molecule has 0 spiro atoms. The quantitative estimate of drug-likeness (QED) is 0.440. The van der Waals surface area contributed by atoms with Crippen molar-refractivity contribution in [3.05, 3.63) is 0 Å². The Labute approximate surface area is 191 Å². The van der Waals surface area contributed by atoms with E-state index in [4.69, 9.17) is 14.2 Å². The molecule has 32 heavy (non-hydrogen) atoms. The lowest BCUT2D eigenvalue weighted by Gasteiger charge is -2.29. The van der Waals surface area contributed by atoms with Crippen LogP contribution in [0.4, 0.5) is 4.79 Å². The van der Waals surface area contributed by atoms with Gasteiger partial charge in [-0.25, -0.2) is 4.79 Å². The van der Waals surface area contributed by atoms with Crippen LogP contribution in [0.25, 0.3) is 0 Å². The second kappa shape index (κ2) is 12.1. The average molecular weight is 457 g/mol. The third-order valence-electron chi connectivity index (χ3n) is 4.68. The second-order valence-electron chi connectivity index (χ2n) is 10.3. The van der Waals surface area contributed by atoms with E-state index in [0.29, 0.717) is 32.1 Å². The van der Waals surface area contributed by atoms with E-state index < -0.39 is 23.3 Å². The SMILES string of the molecule is CN(CC(=O)OC(C)(C)C)C(=O)CCCC(=O)OC1CCC(NC(=O)OC(C)(C)C)CC1. The number of alkyl carbamates (subject to hydrolysis) is 1. The van der Waals surface area contributed by atoms with Gasteiger partial charge in [-0.2, -0.15) is 0 Å². The highest BCUT2D eigenvalue weighted by molar-refractivity contribution is 5.82. The maximum absolute atomic E-state index is 12.1. The highest BCUT2D eigenvalue weighted by Gasteiger charge is 2.27. The van der Waals surface area contributed by atoms with Crippen molar-refractivity contribution in [2.75, 3.05) is 13.6 Å². The van der Waals surface area contributed by atoms with Gasteiger partial charge in [0.05, 0.1) is 0 Å². The molecule has 1 N–H and O–H groups in total. The van der Waals surface area contributed by atoms with Gasteiger partial charge in [-0.1, -0.05) is 0 Å². The third kappa shape index (κ3) is 12.5. The lowest BCUT2D eigenvalue weighted by molar-refractivity contribution is -0.158. The molecule has 0 aromatic heterocycles. The summed E-state index contributed by atoms with van der Waals surface area (Å²) in [7, 11) is 1.54. The van der Waals surface area contributed by atoms with Crippen molar-refractivity contribution < 1.29 is 33.4 Å². The molecule has 0 unspecified atom stereocenters. The van der Waals surface area contributed by atoms with Crippen LogP contribution >= 0.6 is 0 Å². The van der Waals surface area contributed by atoms with Crippen LogP contribution < -0.4 is 5.32 Å². The summed E-state index contributed by atoms with van der Waals surface area (Å²) in [6.07, 6.45) is 2.81. The molecule has 0 aromatic rings. The van der Waals surface area contributed by atoms with E-state index >= 15 is 0 Å². The van der Waals surface area contributed by atoms with E-state index in [-0.39, 0.29) is 43.4 Å². The maximum atomic E-state index is 12.1. The van der Waals surface area contributed by atoms with E-state index in [1.54, 1.807) is 20.8 Å². The first-order chi connectivity index (χ1) is 14.6. The zero-order valence-corrected chi connectivity index (χ0v) is 20.6. The van der Waals surface area contributed by atoms with Crippen molar-refractivity contribution in [1.29, 1.82) is 0 Å². The molecular weight excluding hydrogens is 416 g/mol. The molecule has 0 aliphatic heterocycles. The monoisotopic (exact) mass is 456 g/mol. The molecule has 0 atom stereocenters. The van der Waals surface area contributed by atoms with E-state index in [9.17, 15) is 19.2 Å². The number of likely N-dealkylation sites (N-methyl/N-ethyl adjacent to an activating group) is 1. The standard InChI is InChI=1S/C23H40N2O7/c1-22(2,3)31-20(28)15-25(7)18(26)9-8-10-19(27)30-17-13-11-16(12-14-17)24-21(29)32-23(4,5)6/h16-17H,8-15H2,1-7H3,(H,24,29). The summed E-state index contributed by atoms with van der Waals surface area (Å²) in [5.74, 6) is -1.03. The topological polar surface area (TPSA) is 111 Å². The predicted octanol–water partition coefficient (Wildman–Crippen LogP) is 3.34. The zero-order chi connectivity index (χ0) is 24.5. The first kappa shape index (κ1) is 27.7. The summed E-state index contributed by atoms with van der Waals surface area (Å²) in [4.78, 5) is 49.2. The summed E-state index contributed by atoms with van der Waals surface area (Å²) in [5.41, 5.74) is -1.14. The van der Waals surface area contributed by atoms with E-state index in [2.05, 4.69) is 5.32 Å². The lowest BCUT2D eigenvalue weighted by atomic mass is 9.93. The Balaban J connectivity index is 2.23. The molecule has 0 radical (unpaired) electrons. The summed E-state index contributed by atoms with van der Waals surface area (Å²) >= 11 is 0. The van der Waals surface area contributed by atoms with E-state index in [1.807, 2.05) is 20.8 Å². The molecule has 0 aromatic carbocycles. The Kier molecular flexibility index (Phi) is 10.4. The van der Waals surface area contributed by atoms with Crippen LogP contribution in [0, 0.1) is 0 Å². The number of rotatable bonds is 8. The Hall–Kier alpha value is -2.32. The number of nitrogens with one attached hydrogen (secondary N) is 1. The number of hydrogen-bond acceptors (Lipinski definition) is 7. The molecule has 1 aliphatic rings. The van der Waals surface area contributed by atoms with Crippen LogP contribution in [0.15, 0.2) is 0 Å². The van der Waals surface area contributed by atoms with Crippen LogP contribution in [0.5, 0.6) is 0 Å². The van der Waals surface area contributed by atoms with Crippen molar-refractivity contribution in [3.8, 4) is 0 Å². The fourth-order valence-corrected chi connectivity index (χ4v) is 3.27. The molecule has 1 aliphatic carbocycles. The fourth-order valence-electron chi connectivity index (χ4n) is 3.27. The minimum absolute atomic E-state index is 0.0120. The van der Waals surface area contributed by atoms with Crippen molar-refractivity contribution in [2.45, 2.75) is 110 Å². The first-order valence-corrected chi connectivity index (χ1v) is 11.3.